The van der Waals surface area contributed by atoms with E-state index in [2.05, 4.69) is 15.3 Å². The maximum atomic E-state index is 12.2. The Kier molecular flexibility index (Phi) is 4.23. The highest BCUT2D eigenvalue weighted by atomic mass is 16.5. The van der Waals surface area contributed by atoms with Gasteiger partial charge in [-0.15, -0.1) is 0 Å². The highest BCUT2D eigenvalue weighted by Gasteiger charge is 2.36. The molecule has 3 N–H and O–H groups in total. The number of aromatic amines is 1. The first-order valence-corrected chi connectivity index (χ1v) is 6.33. The average molecular weight is 282 g/mol. The Hall–Kier alpha value is -2.09. The molecule has 0 fully saturated rings. The first-order chi connectivity index (χ1) is 9.52. The van der Waals surface area contributed by atoms with Crippen LogP contribution in [-0.4, -0.2) is 57.8 Å². The minimum Gasteiger partial charge on any atom is -0.480 e. The molecule has 1 aromatic heterocycles. The van der Waals surface area contributed by atoms with Crippen LogP contribution in [0.4, 0.5) is 4.79 Å². The van der Waals surface area contributed by atoms with Crippen molar-refractivity contribution < 1.29 is 19.4 Å². The Morgan fingerprint density at radius 1 is 1.70 bits per heavy atom. The number of rotatable bonds is 4. The summed E-state index contributed by atoms with van der Waals surface area (Å²) < 4.78 is 4.94. The van der Waals surface area contributed by atoms with Gasteiger partial charge in [0.1, 0.15) is 6.04 Å². The summed E-state index contributed by atoms with van der Waals surface area (Å²) in [6, 6.07) is -1.51. The summed E-state index contributed by atoms with van der Waals surface area (Å²) in [7, 11) is 1.54. The molecule has 2 amide bonds. The standard InChI is InChI=1S/C12H18N4O4/c1-7(5-20-2)15-12(19)16-4-9-8(13-6-14-9)3-10(16)11(17)18/h6-7,10H,3-5H2,1-2H3,(H,13,14)(H,15,19)(H,17,18). The normalized spacial score (nSPS) is 19.3. The van der Waals surface area contributed by atoms with Crippen LogP contribution in [0.5, 0.6) is 0 Å². The monoisotopic (exact) mass is 282 g/mol. The first kappa shape index (κ1) is 14.3. The summed E-state index contributed by atoms with van der Waals surface area (Å²) in [5, 5.41) is 12.0. The maximum absolute atomic E-state index is 12.2. The maximum Gasteiger partial charge on any atom is 0.326 e. The number of amides is 2. The number of methoxy groups -OCH3 is 1. The molecule has 0 saturated carbocycles. The number of imidazole rings is 1. The molecular weight excluding hydrogens is 264 g/mol. The molecule has 2 atom stereocenters. The Morgan fingerprint density at radius 2 is 2.45 bits per heavy atom. The van der Waals surface area contributed by atoms with Crippen LogP contribution in [0, 0.1) is 0 Å². The van der Waals surface area contributed by atoms with Gasteiger partial charge in [-0.05, 0) is 6.92 Å². The number of nitrogens with one attached hydrogen (secondary N) is 2. The zero-order chi connectivity index (χ0) is 14.7. The second-order valence-electron chi connectivity index (χ2n) is 4.82. The van der Waals surface area contributed by atoms with E-state index in [-0.39, 0.29) is 19.0 Å². The van der Waals surface area contributed by atoms with Crippen molar-refractivity contribution in [2.24, 2.45) is 0 Å². The van der Waals surface area contributed by atoms with Crippen molar-refractivity contribution in [3.05, 3.63) is 17.7 Å². The first-order valence-electron chi connectivity index (χ1n) is 6.33. The summed E-state index contributed by atoms with van der Waals surface area (Å²) in [5.74, 6) is -1.03. The SMILES string of the molecule is COCC(C)NC(=O)N1Cc2[nH]cnc2CC1C(=O)O. The number of carboxylic acid groups (broad SMARTS) is 1. The van der Waals surface area contributed by atoms with Gasteiger partial charge in [-0.1, -0.05) is 0 Å². The lowest BCUT2D eigenvalue weighted by atomic mass is 10.0. The minimum absolute atomic E-state index is 0.190. The predicted molar refractivity (Wildman–Crippen MR) is 69.1 cm³/mol. The molecule has 1 aliphatic rings. The lowest BCUT2D eigenvalue weighted by Gasteiger charge is -2.33. The third-order valence-electron chi connectivity index (χ3n) is 3.23. The fourth-order valence-corrected chi connectivity index (χ4v) is 2.26. The Bertz CT molecular complexity index is 501. The number of carboxylic acids is 1. The Balaban J connectivity index is 2.12. The molecule has 0 bridgehead atoms. The van der Waals surface area contributed by atoms with E-state index in [1.807, 2.05) is 0 Å². The summed E-state index contributed by atoms with van der Waals surface area (Å²) >= 11 is 0. The molecule has 2 rings (SSSR count). The zero-order valence-electron chi connectivity index (χ0n) is 11.4. The van der Waals surface area contributed by atoms with Gasteiger partial charge >= 0.3 is 12.0 Å². The van der Waals surface area contributed by atoms with Gasteiger partial charge in [0.15, 0.2) is 0 Å². The van der Waals surface area contributed by atoms with Crippen molar-refractivity contribution in [1.82, 2.24) is 20.2 Å². The highest BCUT2D eigenvalue weighted by Crippen LogP contribution is 2.20. The average Bonchev–Trinajstić information content (AvgIpc) is 2.84. The van der Waals surface area contributed by atoms with Gasteiger partial charge in [-0.2, -0.15) is 0 Å². The summed E-state index contributed by atoms with van der Waals surface area (Å²) in [5.41, 5.74) is 1.48. The molecule has 20 heavy (non-hydrogen) atoms. The number of urea groups is 1. The molecule has 0 spiro atoms. The molecule has 0 saturated heterocycles. The Morgan fingerprint density at radius 3 is 3.10 bits per heavy atom. The molecule has 2 unspecified atom stereocenters. The van der Waals surface area contributed by atoms with Crippen LogP contribution in [-0.2, 0) is 22.5 Å². The van der Waals surface area contributed by atoms with Crippen LogP contribution in [0.2, 0.25) is 0 Å². The van der Waals surface area contributed by atoms with E-state index < -0.39 is 18.0 Å². The van der Waals surface area contributed by atoms with Crippen molar-refractivity contribution >= 4 is 12.0 Å². The van der Waals surface area contributed by atoms with Gasteiger partial charge in [0, 0.05) is 13.5 Å². The molecule has 1 aromatic rings. The highest BCUT2D eigenvalue weighted by molar-refractivity contribution is 5.83. The summed E-state index contributed by atoms with van der Waals surface area (Å²) in [6.45, 7) is 2.37. The number of hydrogen-bond acceptors (Lipinski definition) is 4. The number of ether oxygens (including phenoxy) is 1. The number of hydrogen-bond donors (Lipinski definition) is 3. The number of carbonyl (C=O) groups excluding carboxylic acids is 1. The van der Waals surface area contributed by atoms with E-state index in [1.165, 1.54) is 11.2 Å². The molecule has 1 aliphatic heterocycles. The number of aliphatic carboxylic acids is 1. The van der Waals surface area contributed by atoms with Gasteiger partial charge < -0.3 is 25.0 Å². The number of aromatic nitrogens is 2. The van der Waals surface area contributed by atoms with Crippen molar-refractivity contribution in [1.29, 1.82) is 0 Å². The van der Waals surface area contributed by atoms with E-state index in [0.717, 1.165) is 5.69 Å². The quantitative estimate of drug-likeness (QED) is 0.718. The third-order valence-corrected chi connectivity index (χ3v) is 3.23. The van der Waals surface area contributed by atoms with E-state index in [0.29, 0.717) is 12.3 Å². The largest absolute Gasteiger partial charge is 0.480 e. The molecule has 0 radical (unpaired) electrons. The fraction of sp³-hybridized carbons (Fsp3) is 0.583. The topological polar surface area (TPSA) is 108 Å². The molecule has 8 heteroatoms. The van der Waals surface area contributed by atoms with Gasteiger partial charge in [0.2, 0.25) is 0 Å². The summed E-state index contributed by atoms with van der Waals surface area (Å²) in [6.07, 6.45) is 1.72. The van der Waals surface area contributed by atoms with Crippen LogP contribution in [0.25, 0.3) is 0 Å². The number of carbonyl (C=O) groups is 2. The van der Waals surface area contributed by atoms with Crippen molar-refractivity contribution in [3.63, 3.8) is 0 Å². The molecule has 0 aromatic carbocycles. The van der Waals surface area contributed by atoms with E-state index >= 15 is 0 Å². The van der Waals surface area contributed by atoms with Crippen LogP contribution in [0.1, 0.15) is 18.3 Å². The van der Waals surface area contributed by atoms with Crippen LogP contribution in [0.15, 0.2) is 6.33 Å². The zero-order valence-corrected chi connectivity index (χ0v) is 11.4. The fourth-order valence-electron chi connectivity index (χ4n) is 2.26. The third kappa shape index (κ3) is 2.90. The van der Waals surface area contributed by atoms with Crippen molar-refractivity contribution in [3.8, 4) is 0 Å². The lowest BCUT2D eigenvalue weighted by Crippen LogP contribution is -2.54. The predicted octanol–water partition coefficient (Wildman–Crippen LogP) is -0.0345. The van der Waals surface area contributed by atoms with Crippen molar-refractivity contribution in [2.75, 3.05) is 13.7 Å². The van der Waals surface area contributed by atoms with Crippen LogP contribution in [0.3, 0.4) is 0 Å². The second-order valence-corrected chi connectivity index (χ2v) is 4.82. The van der Waals surface area contributed by atoms with Gasteiger partial charge in [-0.25, -0.2) is 14.6 Å². The van der Waals surface area contributed by atoms with Gasteiger partial charge in [-0.3, -0.25) is 0 Å². The summed E-state index contributed by atoms with van der Waals surface area (Å²) in [4.78, 5) is 31.8. The molecular formula is C12H18N4O4. The smallest absolute Gasteiger partial charge is 0.326 e. The minimum atomic E-state index is -1.03. The molecule has 8 nitrogen and oxygen atoms in total. The van der Waals surface area contributed by atoms with Gasteiger partial charge in [0.25, 0.3) is 0 Å². The van der Waals surface area contributed by atoms with E-state index in [9.17, 15) is 14.7 Å². The molecule has 110 valence electrons. The van der Waals surface area contributed by atoms with Gasteiger partial charge in [0.05, 0.1) is 36.9 Å². The van der Waals surface area contributed by atoms with Crippen LogP contribution >= 0.6 is 0 Å². The van der Waals surface area contributed by atoms with Crippen LogP contribution < -0.4 is 5.32 Å². The van der Waals surface area contributed by atoms with Crippen molar-refractivity contribution in [2.45, 2.75) is 32.0 Å². The van der Waals surface area contributed by atoms with E-state index in [1.54, 1.807) is 14.0 Å². The number of H-pyrrole nitrogens is 1. The lowest BCUT2D eigenvalue weighted by molar-refractivity contribution is -0.142. The number of fused-ring (bicyclic) bond motifs is 1. The Labute approximate surface area is 116 Å². The van der Waals surface area contributed by atoms with E-state index in [4.69, 9.17) is 4.74 Å². The molecule has 0 aliphatic carbocycles. The second kappa shape index (κ2) is 5.91. The molecule has 2 heterocycles. The number of nitrogens with zero attached hydrogens (tertiary/aromatic N) is 2.